The van der Waals surface area contributed by atoms with E-state index in [4.69, 9.17) is 0 Å². The Morgan fingerprint density at radius 1 is 1.00 bits per heavy atom. The summed E-state index contributed by atoms with van der Waals surface area (Å²) in [6.45, 7) is 20.1. The van der Waals surface area contributed by atoms with Gasteiger partial charge in [-0.05, 0) is 22.7 Å². The van der Waals surface area contributed by atoms with Crippen molar-refractivity contribution < 1.29 is 0 Å². The molecule has 13 heavy (non-hydrogen) atoms. The molecule has 0 aliphatic carbocycles. The molecular weight excluding hydrogens is 156 g/mol. The van der Waals surface area contributed by atoms with Gasteiger partial charge in [-0.2, -0.15) is 0 Å². The molecule has 0 fully saturated rings. The van der Waals surface area contributed by atoms with Gasteiger partial charge >= 0.3 is 0 Å². The van der Waals surface area contributed by atoms with Crippen LogP contribution in [0.15, 0.2) is 12.7 Å². The predicted octanol–water partition coefficient (Wildman–Crippen LogP) is 4.52. The number of hydrogen-bond donors (Lipinski definition) is 0. The normalized spacial score (nSPS) is 16.0. The van der Waals surface area contributed by atoms with Crippen LogP contribution in [0.2, 0.25) is 0 Å². The Morgan fingerprint density at radius 3 is 1.62 bits per heavy atom. The quantitative estimate of drug-likeness (QED) is 0.561. The second-order valence-corrected chi connectivity index (χ2v) is 5.68. The molecule has 0 aliphatic rings. The van der Waals surface area contributed by atoms with E-state index in [1.54, 1.807) is 0 Å². The van der Waals surface area contributed by atoms with Gasteiger partial charge in [0.05, 0.1) is 0 Å². The number of hydrogen-bond acceptors (Lipinski definition) is 0. The molecule has 0 nitrogen and oxygen atoms in total. The Morgan fingerprint density at radius 2 is 1.38 bits per heavy atom. The Labute approximate surface area is 84.4 Å². The van der Waals surface area contributed by atoms with Crippen molar-refractivity contribution in [2.75, 3.05) is 0 Å². The third kappa shape index (κ3) is 2.36. The molecule has 0 aromatic heterocycles. The first-order chi connectivity index (χ1) is 5.66. The average molecular weight is 182 g/mol. The van der Waals surface area contributed by atoms with E-state index in [0.717, 1.165) is 5.92 Å². The van der Waals surface area contributed by atoms with Gasteiger partial charge in [-0.1, -0.05) is 54.5 Å². The first kappa shape index (κ1) is 12.7. The molecule has 0 aliphatic heterocycles. The first-order valence-electron chi connectivity index (χ1n) is 5.30. The maximum Gasteiger partial charge on any atom is -0.0124 e. The maximum absolute atomic E-state index is 3.94. The minimum Gasteiger partial charge on any atom is -0.103 e. The molecule has 0 rings (SSSR count). The van der Waals surface area contributed by atoms with Gasteiger partial charge in [-0.25, -0.2) is 0 Å². The third-order valence-electron chi connectivity index (χ3n) is 4.31. The van der Waals surface area contributed by atoms with Crippen LogP contribution in [0.4, 0.5) is 0 Å². The second kappa shape index (κ2) is 3.86. The van der Waals surface area contributed by atoms with Gasteiger partial charge in [0.25, 0.3) is 0 Å². The minimum absolute atomic E-state index is 0.205. The summed E-state index contributed by atoms with van der Waals surface area (Å²) in [5, 5.41) is 0. The van der Waals surface area contributed by atoms with Gasteiger partial charge in [0.2, 0.25) is 0 Å². The zero-order chi connectivity index (χ0) is 10.9. The van der Waals surface area contributed by atoms with E-state index in [1.807, 2.05) is 0 Å². The smallest absolute Gasteiger partial charge is 0.0124 e. The molecule has 0 radical (unpaired) electrons. The summed E-state index contributed by atoms with van der Waals surface area (Å²) in [6.07, 6.45) is 2.09. The van der Waals surface area contributed by atoms with Crippen molar-refractivity contribution >= 4 is 0 Å². The summed E-state index contributed by atoms with van der Waals surface area (Å²) in [4.78, 5) is 0. The molecule has 1 atom stereocenters. The van der Waals surface area contributed by atoms with Crippen LogP contribution in [0.1, 0.15) is 48.5 Å². The number of rotatable bonds is 4. The van der Waals surface area contributed by atoms with E-state index < -0.39 is 0 Å². The van der Waals surface area contributed by atoms with Crippen LogP contribution in [0.25, 0.3) is 0 Å². The van der Waals surface area contributed by atoms with E-state index in [-0.39, 0.29) is 5.41 Å². The fourth-order valence-electron chi connectivity index (χ4n) is 1.68. The molecule has 1 unspecified atom stereocenters. The lowest BCUT2D eigenvalue weighted by Crippen LogP contribution is -2.38. The van der Waals surface area contributed by atoms with Crippen molar-refractivity contribution in [2.45, 2.75) is 48.5 Å². The minimum atomic E-state index is 0.205. The lowest BCUT2D eigenvalue weighted by atomic mass is 9.59. The van der Waals surface area contributed by atoms with Crippen LogP contribution in [0, 0.1) is 22.7 Å². The fraction of sp³-hybridized carbons (Fsp3) is 0.846. The fourth-order valence-corrected chi connectivity index (χ4v) is 1.68. The molecule has 0 heterocycles. The van der Waals surface area contributed by atoms with Crippen molar-refractivity contribution in [3.05, 3.63) is 12.7 Å². The summed E-state index contributed by atoms with van der Waals surface area (Å²) in [6, 6.07) is 0. The maximum atomic E-state index is 3.94. The zero-order valence-corrected chi connectivity index (χ0v) is 10.4. The van der Waals surface area contributed by atoms with Crippen LogP contribution < -0.4 is 0 Å². The second-order valence-electron chi connectivity index (χ2n) is 5.68. The SMILES string of the molecule is C=CC(C)(C)C(C)(C)C(C)C(C)C. The Kier molecular flexibility index (Phi) is 3.78. The van der Waals surface area contributed by atoms with E-state index in [1.165, 1.54) is 0 Å². The highest BCUT2D eigenvalue weighted by atomic mass is 14.4. The van der Waals surface area contributed by atoms with Crippen molar-refractivity contribution in [3.63, 3.8) is 0 Å². The van der Waals surface area contributed by atoms with Crippen molar-refractivity contribution in [1.82, 2.24) is 0 Å². The molecule has 0 aromatic carbocycles. The third-order valence-corrected chi connectivity index (χ3v) is 4.31. The average Bonchev–Trinajstić information content (AvgIpc) is 2.02. The summed E-state index contributed by atoms with van der Waals surface area (Å²) in [7, 11) is 0. The highest BCUT2D eigenvalue weighted by molar-refractivity contribution is 5.00. The Bertz CT molecular complexity index is 172. The summed E-state index contributed by atoms with van der Waals surface area (Å²) >= 11 is 0. The number of allylic oxidation sites excluding steroid dienone is 1. The van der Waals surface area contributed by atoms with Gasteiger partial charge in [0, 0.05) is 0 Å². The standard InChI is InChI=1S/C13H26/c1-9-12(5,6)13(7,8)11(4)10(2)3/h9-11H,1H2,2-8H3. The Hall–Kier alpha value is -0.260. The highest BCUT2D eigenvalue weighted by Gasteiger charge is 2.39. The van der Waals surface area contributed by atoms with Crippen LogP contribution in [-0.2, 0) is 0 Å². The van der Waals surface area contributed by atoms with E-state index in [2.05, 4.69) is 61.1 Å². The largest absolute Gasteiger partial charge is 0.103 e. The van der Waals surface area contributed by atoms with Crippen molar-refractivity contribution in [1.29, 1.82) is 0 Å². The summed E-state index contributed by atoms with van der Waals surface area (Å²) < 4.78 is 0. The molecule has 78 valence electrons. The predicted molar refractivity (Wildman–Crippen MR) is 61.8 cm³/mol. The van der Waals surface area contributed by atoms with E-state index in [9.17, 15) is 0 Å². The van der Waals surface area contributed by atoms with Crippen LogP contribution in [0.5, 0.6) is 0 Å². The molecule has 0 amide bonds. The summed E-state index contributed by atoms with van der Waals surface area (Å²) in [5.41, 5.74) is 0.513. The highest BCUT2D eigenvalue weighted by Crippen LogP contribution is 2.47. The first-order valence-corrected chi connectivity index (χ1v) is 5.30. The molecule has 0 saturated heterocycles. The molecule has 0 saturated carbocycles. The summed E-state index contributed by atoms with van der Waals surface area (Å²) in [5.74, 6) is 1.44. The van der Waals surface area contributed by atoms with Crippen molar-refractivity contribution in [2.24, 2.45) is 22.7 Å². The van der Waals surface area contributed by atoms with Gasteiger partial charge in [0.1, 0.15) is 0 Å². The van der Waals surface area contributed by atoms with Crippen LogP contribution >= 0.6 is 0 Å². The van der Waals surface area contributed by atoms with Gasteiger partial charge < -0.3 is 0 Å². The molecule has 0 N–H and O–H groups in total. The Balaban J connectivity index is 4.84. The molecule has 0 bridgehead atoms. The van der Waals surface area contributed by atoms with Crippen molar-refractivity contribution in [3.8, 4) is 0 Å². The van der Waals surface area contributed by atoms with Gasteiger partial charge in [0.15, 0.2) is 0 Å². The van der Waals surface area contributed by atoms with Crippen LogP contribution in [-0.4, -0.2) is 0 Å². The lowest BCUT2D eigenvalue weighted by molar-refractivity contribution is 0.0609. The monoisotopic (exact) mass is 182 g/mol. The van der Waals surface area contributed by atoms with Gasteiger partial charge in [-0.15, -0.1) is 6.58 Å². The molecular formula is C13H26. The zero-order valence-electron chi connectivity index (χ0n) is 10.4. The van der Waals surface area contributed by atoms with Crippen LogP contribution in [0.3, 0.4) is 0 Å². The van der Waals surface area contributed by atoms with E-state index >= 15 is 0 Å². The van der Waals surface area contributed by atoms with E-state index in [0.29, 0.717) is 11.3 Å². The molecule has 0 spiro atoms. The lowest BCUT2D eigenvalue weighted by Gasteiger charge is -2.46. The molecule has 0 aromatic rings. The topological polar surface area (TPSA) is 0 Å². The van der Waals surface area contributed by atoms with Gasteiger partial charge in [-0.3, -0.25) is 0 Å². The molecule has 0 heteroatoms.